The summed E-state index contributed by atoms with van der Waals surface area (Å²) in [5.74, 6) is 0.0256. The van der Waals surface area contributed by atoms with Gasteiger partial charge in [0.25, 0.3) is 5.91 Å². The van der Waals surface area contributed by atoms with Gasteiger partial charge in [0, 0.05) is 10.9 Å². The number of hydrogen-bond acceptors (Lipinski definition) is 4. The number of carbonyl (C=O) groups excluding carboxylic acids is 2. The molecule has 1 N–H and O–H groups in total. The van der Waals surface area contributed by atoms with Crippen LogP contribution < -0.4 is 10.1 Å². The number of furan rings is 1. The molecule has 0 aliphatic carbocycles. The summed E-state index contributed by atoms with van der Waals surface area (Å²) in [6.07, 6.45) is 0. The number of hydrogen-bond donors (Lipinski definition) is 1. The van der Waals surface area contributed by atoms with Gasteiger partial charge in [0.05, 0.1) is 5.69 Å². The maximum atomic E-state index is 13.0. The van der Waals surface area contributed by atoms with E-state index >= 15 is 0 Å². The summed E-state index contributed by atoms with van der Waals surface area (Å²) in [5.41, 5.74) is 2.43. The van der Waals surface area contributed by atoms with Crippen molar-refractivity contribution in [2.24, 2.45) is 0 Å². The van der Waals surface area contributed by atoms with Crippen molar-refractivity contribution < 1.29 is 18.7 Å². The first kappa shape index (κ1) is 18.5. The van der Waals surface area contributed by atoms with Crippen LogP contribution in [0.5, 0.6) is 5.75 Å². The molecular formula is C24H19NO4. The van der Waals surface area contributed by atoms with Crippen molar-refractivity contribution in [3.63, 3.8) is 0 Å². The molecule has 0 aliphatic heterocycles. The number of fused-ring (bicyclic) bond motifs is 1. The third-order valence-electron chi connectivity index (χ3n) is 4.49. The Bertz CT molecular complexity index is 1160. The molecule has 3 aromatic carbocycles. The van der Waals surface area contributed by atoms with Crippen LogP contribution in [-0.2, 0) is 4.79 Å². The van der Waals surface area contributed by atoms with Crippen molar-refractivity contribution in [2.75, 3.05) is 11.9 Å². The number of carbonyl (C=O) groups is 2. The minimum Gasteiger partial charge on any atom is -0.484 e. The van der Waals surface area contributed by atoms with Gasteiger partial charge in [0.1, 0.15) is 11.3 Å². The Labute approximate surface area is 167 Å². The largest absolute Gasteiger partial charge is 0.484 e. The number of para-hydroxylation sites is 2. The Morgan fingerprint density at radius 2 is 1.59 bits per heavy atom. The molecule has 1 amide bonds. The smallest absolute Gasteiger partial charge is 0.262 e. The van der Waals surface area contributed by atoms with Crippen LogP contribution >= 0.6 is 0 Å². The van der Waals surface area contributed by atoms with Crippen LogP contribution in [0.1, 0.15) is 21.7 Å². The Morgan fingerprint density at radius 3 is 2.34 bits per heavy atom. The van der Waals surface area contributed by atoms with Gasteiger partial charge in [-0.15, -0.1) is 0 Å². The number of anilines is 1. The van der Waals surface area contributed by atoms with Crippen LogP contribution in [0.25, 0.3) is 11.0 Å². The van der Waals surface area contributed by atoms with E-state index in [4.69, 9.17) is 9.15 Å². The second-order valence-electron chi connectivity index (χ2n) is 6.65. The quantitative estimate of drug-likeness (QED) is 0.475. The molecular weight excluding hydrogens is 366 g/mol. The number of nitrogens with one attached hydrogen (secondary N) is 1. The van der Waals surface area contributed by atoms with Gasteiger partial charge in [-0.2, -0.15) is 0 Å². The number of ketones is 1. The molecule has 5 heteroatoms. The molecule has 0 unspecified atom stereocenters. The predicted molar refractivity (Wildman–Crippen MR) is 111 cm³/mol. The highest BCUT2D eigenvalue weighted by atomic mass is 16.5. The van der Waals surface area contributed by atoms with E-state index in [9.17, 15) is 9.59 Å². The fourth-order valence-electron chi connectivity index (χ4n) is 3.01. The summed E-state index contributed by atoms with van der Waals surface area (Å²) in [4.78, 5) is 25.5. The van der Waals surface area contributed by atoms with E-state index < -0.39 is 0 Å². The molecule has 0 atom stereocenters. The molecule has 0 saturated heterocycles. The maximum absolute atomic E-state index is 13.0. The molecule has 144 valence electrons. The first-order valence-corrected chi connectivity index (χ1v) is 9.22. The Morgan fingerprint density at radius 1 is 0.897 bits per heavy atom. The SMILES string of the molecule is Cc1ccc(C(=O)c2oc3ccccc3c2NC(=O)COc2ccccc2)cc1. The van der Waals surface area contributed by atoms with Crippen molar-refractivity contribution in [1.29, 1.82) is 0 Å². The molecule has 0 aliphatic rings. The van der Waals surface area contributed by atoms with Gasteiger partial charge < -0.3 is 14.5 Å². The summed E-state index contributed by atoms with van der Waals surface area (Å²) < 4.78 is 11.3. The molecule has 0 fully saturated rings. The average molecular weight is 385 g/mol. The zero-order chi connectivity index (χ0) is 20.2. The van der Waals surface area contributed by atoms with Gasteiger partial charge in [-0.1, -0.05) is 60.2 Å². The predicted octanol–water partition coefficient (Wildman–Crippen LogP) is 4.99. The first-order chi connectivity index (χ1) is 14.1. The van der Waals surface area contributed by atoms with Gasteiger partial charge in [-0.3, -0.25) is 9.59 Å². The normalized spacial score (nSPS) is 10.7. The monoisotopic (exact) mass is 385 g/mol. The first-order valence-electron chi connectivity index (χ1n) is 9.22. The molecule has 0 saturated carbocycles. The van der Waals surface area contributed by atoms with Gasteiger partial charge in [0.15, 0.2) is 12.4 Å². The van der Waals surface area contributed by atoms with Crippen LogP contribution in [0.4, 0.5) is 5.69 Å². The molecule has 1 heterocycles. The number of amides is 1. The molecule has 5 nitrogen and oxygen atoms in total. The summed E-state index contributed by atoms with van der Waals surface area (Å²) in [6.45, 7) is 1.77. The minimum absolute atomic E-state index is 0.100. The highest BCUT2D eigenvalue weighted by Crippen LogP contribution is 2.32. The van der Waals surface area contributed by atoms with E-state index in [1.165, 1.54) is 0 Å². The average Bonchev–Trinajstić information content (AvgIpc) is 3.11. The van der Waals surface area contributed by atoms with Crippen LogP contribution in [0.15, 0.2) is 83.3 Å². The van der Waals surface area contributed by atoms with Gasteiger partial charge >= 0.3 is 0 Å². The Hall–Kier alpha value is -3.86. The lowest BCUT2D eigenvalue weighted by molar-refractivity contribution is -0.118. The van der Waals surface area contributed by atoms with Gasteiger partial charge in [0.2, 0.25) is 5.78 Å². The number of aryl methyl sites for hydroxylation is 1. The summed E-state index contributed by atoms with van der Waals surface area (Å²) in [6, 6.07) is 23.5. The van der Waals surface area contributed by atoms with E-state index in [2.05, 4.69) is 5.32 Å². The lowest BCUT2D eigenvalue weighted by Crippen LogP contribution is -2.21. The molecule has 0 spiro atoms. The molecule has 1 aromatic heterocycles. The van der Waals surface area contributed by atoms with E-state index in [1.807, 2.05) is 49.4 Å². The second kappa shape index (κ2) is 8.02. The second-order valence-corrected chi connectivity index (χ2v) is 6.65. The van der Waals surface area contributed by atoms with E-state index in [0.29, 0.717) is 28.0 Å². The summed E-state index contributed by atoms with van der Waals surface area (Å²) in [5, 5.41) is 3.45. The van der Waals surface area contributed by atoms with Crippen LogP contribution in [-0.4, -0.2) is 18.3 Å². The zero-order valence-corrected chi connectivity index (χ0v) is 15.8. The fourth-order valence-corrected chi connectivity index (χ4v) is 3.01. The standard InChI is InChI=1S/C24H19NO4/c1-16-11-13-17(14-12-16)23(27)24-22(19-9-5-6-10-20(19)29-24)25-21(26)15-28-18-7-3-2-4-8-18/h2-14H,15H2,1H3,(H,25,26). The minimum atomic E-state index is -0.377. The van der Waals surface area contributed by atoms with Crippen LogP contribution in [0, 0.1) is 6.92 Å². The van der Waals surface area contributed by atoms with Gasteiger partial charge in [-0.25, -0.2) is 0 Å². The lowest BCUT2D eigenvalue weighted by atomic mass is 10.1. The van der Waals surface area contributed by atoms with Crippen molar-refractivity contribution >= 4 is 28.3 Å². The Kier molecular flexibility index (Phi) is 5.12. The molecule has 4 aromatic rings. The number of ether oxygens (including phenoxy) is 1. The van der Waals surface area contributed by atoms with Crippen LogP contribution in [0.3, 0.4) is 0 Å². The number of rotatable bonds is 6. The van der Waals surface area contributed by atoms with E-state index in [0.717, 1.165) is 5.56 Å². The van der Waals surface area contributed by atoms with Crippen molar-refractivity contribution in [3.8, 4) is 5.75 Å². The molecule has 29 heavy (non-hydrogen) atoms. The lowest BCUT2D eigenvalue weighted by Gasteiger charge is -2.08. The van der Waals surface area contributed by atoms with E-state index in [-0.39, 0.29) is 24.1 Å². The van der Waals surface area contributed by atoms with Crippen molar-refractivity contribution in [3.05, 3.63) is 95.7 Å². The number of benzene rings is 3. The van der Waals surface area contributed by atoms with Crippen molar-refractivity contribution in [1.82, 2.24) is 0 Å². The molecule has 0 radical (unpaired) electrons. The highest BCUT2D eigenvalue weighted by Gasteiger charge is 2.23. The maximum Gasteiger partial charge on any atom is 0.262 e. The van der Waals surface area contributed by atoms with E-state index in [1.54, 1.807) is 36.4 Å². The highest BCUT2D eigenvalue weighted by molar-refractivity contribution is 6.17. The Balaban J connectivity index is 1.62. The summed E-state index contributed by atoms with van der Waals surface area (Å²) >= 11 is 0. The molecule has 4 rings (SSSR count). The van der Waals surface area contributed by atoms with Crippen molar-refractivity contribution in [2.45, 2.75) is 6.92 Å². The zero-order valence-electron chi connectivity index (χ0n) is 15.8. The van der Waals surface area contributed by atoms with Gasteiger partial charge in [-0.05, 0) is 31.2 Å². The third kappa shape index (κ3) is 4.04. The molecule has 0 bridgehead atoms. The summed E-state index contributed by atoms with van der Waals surface area (Å²) in [7, 11) is 0. The topological polar surface area (TPSA) is 68.5 Å². The third-order valence-corrected chi connectivity index (χ3v) is 4.49. The van der Waals surface area contributed by atoms with Crippen LogP contribution in [0.2, 0.25) is 0 Å². The fraction of sp³-hybridized carbons (Fsp3) is 0.0833.